The van der Waals surface area contributed by atoms with E-state index in [0.717, 1.165) is 19.5 Å². The molecule has 2 unspecified atom stereocenters. The van der Waals surface area contributed by atoms with Gasteiger partial charge in [-0.25, -0.2) is 4.39 Å². The molecule has 0 aliphatic carbocycles. The van der Waals surface area contributed by atoms with Crippen molar-refractivity contribution in [1.29, 1.82) is 0 Å². The Balaban J connectivity index is 2.26. The molecule has 0 spiro atoms. The first-order chi connectivity index (χ1) is 6.62. The zero-order valence-electron chi connectivity index (χ0n) is 8.02. The SMILES string of the molecule is CC(F)(c1ccsc1Cl)C1CCNC1. The molecular weight excluding hydrogens is 221 g/mol. The van der Waals surface area contributed by atoms with Crippen molar-refractivity contribution in [2.75, 3.05) is 13.1 Å². The first-order valence-electron chi connectivity index (χ1n) is 4.75. The lowest BCUT2D eigenvalue weighted by atomic mass is 9.85. The van der Waals surface area contributed by atoms with E-state index in [1.54, 1.807) is 13.0 Å². The molecule has 1 aliphatic rings. The van der Waals surface area contributed by atoms with Gasteiger partial charge in [0.15, 0.2) is 0 Å². The molecule has 0 aromatic carbocycles. The van der Waals surface area contributed by atoms with E-state index in [1.807, 2.05) is 5.38 Å². The lowest BCUT2D eigenvalue weighted by Crippen LogP contribution is -2.28. The van der Waals surface area contributed by atoms with Crippen LogP contribution in [0.2, 0.25) is 4.34 Å². The van der Waals surface area contributed by atoms with Crippen LogP contribution >= 0.6 is 22.9 Å². The smallest absolute Gasteiger partial charge is 0.139 e. The summed E-state index contributed by atoms with van der Waals surface area (Å²) in [4.78, 5) is 0. The highest BCUT2D eigenvalue weighted by molar-refractivity contribution is 7.14. The molecule has 1 aromatic heterocycles. The predicted octanol–water partition coefficient (Wildman–Crippen LogP) is 3.20. The first-order valence-corrected chi connectivity index (χ1v) is 6.01. The van der Waals surface area contributed by atoms with Crippen LogP contribution in [0.3, 0.4) is 0 Å². The van der Waals surface area contributed by atoms with Crippen molar-refractivity contribution in [2.45, 2.75) is 19.0 Å². The highest BCUT2D eigenvalue weighted by atomic mass is 35.5. The molecule has 1 saturated heterocycles. The molecule has 2 atom stereocenters. The maximum absolute atomic E-state index is 14.5. The molecule has 0 saturated carbocycles. The van der Waals surface area contributed by atoms with Gasteiger partial charge in [0, 0.05) is 18.0 Å². The summed E-state index contributed by atoms with van der Waals surface area (Å²) in [6.45, 7) is 3.30. The number of thiophene rings is 1. The van der Waals surface area contributed by atoms with Crippen molar-refractivity contribution in [3.63, 3.8) is 0 Å². The Kier molecular flexibility index (Phi) is 2.82. The average molecular weight is 234 g/mol. The predicted molar refractivity (Wildman–Crippen MR) is 58.8 cm³/mol. The van der Waals surface area contributed by atoms with Gasteiger partial charge >= 0.3 is 0 Å². The topological polar surface area (TPSA) is 12.0 Å². The van der Waals surface area contributed by atoms with Gasteiger partial charge in [0.2, 0.25) is 0 Å². The second-order valence-corrected chi connectivity index (χ2v) is 5.39. The summed E-state index contributed by atoms with van der Waals surface area (Å²) in [7, 11) is 0. The van der Waals surface area contributed by atoms with Gasteiger partial charge in [-0.1, -0.05) is 11.6 Å². The molecular formula is C10H13ClFNS. The minimum Gasteiger partial charge on any atom is -0.316 e. The number of hydrogen-bond acceptors (Lipinski definition) is 2. The third-order valence-corrected chi connectivity index (χ3v) is 4.14. The van der Waals surface area contributed by atoms with E-state index in [9.17, 15) is 4.39 Å². The molecule has 2 heterocycles. The molecule has 1 nitrogen and oxygen atoms in total. The van der Waals surface area contributed by atoms with Crippen LogP contribution in [0.5, 0.6) is 0 Å². The summed E-state index contributed by atoms with van der Waals surface area (Å²) in [5.41, 5.74) is -0.640. The van der Waals surface area contributed by atoms with E-state index < -0.39 is 5.67 Å². The summed E-state index contributed by atoms with van der Waals surface area (Å²) in [6, 6.07) is 1.80. The van der Waals surface area contributed by atoms with E-state index >= 15 is 0 Å². The molecule has 14 heavy (non-hydrogen) atoms. The normalized spacial score (nSPS) is 26.4. The summed E-state index contributed by atoms with van der Waals surface area (Å²) in [5, 5.41) is 5.03. The van der Waals surface area contributed by atoms with Crippen molar-refractivity contribution in [1.82, 2.24) is 5.32 Å². The Labute approximate surface area is 92.3 Å². The highest BCUT2D eigenvalue weighted by Gasteiger charge is 2.39. The van der Waals surface area contributed by atoms with Crippen molar-refractivity contribution in [3.05, 3.63) is 21.3 Å². The van der Waals surface area contributed by atoms with Crippen LogP contribution in [0.4, 0.5) is 4.39 Å². The van der Waals surface area contributed by atoms with E-state index in [4.69, 9.17) is 11.6 Å². The van der Waals surface area contributed by atoms with E-state index in [2.05, 4.69) is 5.32 Å². The van der Waals surface area contributed by atoms with Crippen LogP contribution in [-0.2, 0) is 5.67 Å². The monoisotopic (exact) mass is 233 g/mol. The molecule has 2 rings (SSSR count). The average Bonchev–Trinajstić information content (AvgIpc) is 2.72. The van der Waals surface area contributed by atoms with Crippen LogP contribution < -0.4 is 5.32 Å². The molecule has 1 N–H and O–H groups in total. The second-order valence-electron chi connectivity index (χ2n) is 3.87. The minimum absolute atomic E-state index is 0.0506. The van der Waals surface area contributed by atoms with Crippen LogP contribution in [-0.4, -0.2) is 13.1 Å². The Morgan fingerprint density at radius 3 is 3.00 bits per heavy atom. The summed E-state index contributed by atoms with van der Waals surface area (Å²) < 4.78 is 15.1. The van der Waals surface area contributed by atoms with Crippen LogP contribution in [0.15, 0.2) is 11.4 Å². The lowest BCUT2D eigenvalue weighted by Gasteiger charge is -2.26. The van der Waals surface area contributed by atoms with Gasteiger partial charge in [-0.2, -0.15) is 0 Å². The fourth-order valence-corrected chi connectivity index (χ4v) is 3.10. The van der Waals surface area contributed by atoms with Crippen LogP contribution in [0, 0.1) is 5.92 Å². The van der Waals surface area contributed by atoms with Crippen molar-refractivity contribution < 1.29 is 4.39 Å². The largest absolute Gasteiger partial charge is 0.316 e. The molecule has 78 valence electrons. The molecule has 0 radical (unpaired) electrons. The zero-order valence-corrected chi connectivity index (χ0v) is 9.59. The quantitative estimate of drug-likeness (QED) is 0.827. The van der Waals surface area contributed by atoms with Crippen molar-refractivity contribution in [2.24, 2.45) is 5.92 Å². The van der Waals surface area contributed by atoms with E-state index in [0.29, 0.717) is 9.90 Å². The first kappa shape index (κ1) is 10.4. The lowest BCUT2D eigenvalue weighted by molar-refractivity contribution is 0.113. The van der Waals surface area contributed by atoms with Gasteiger partial charge in [0.25, 0.3) is 0 Å². The minimum atomic E-state index is -1.29. The van der Waals surface area contributed by atoms with Crippen LogP contribution in [0.25, 0.3) is 0 Å². The van der Waals surface area contributed by atoms with Gasteiger partial charge < -0.3 is 5.32 Å². The van der Waals surface area contributed by atoms with Gasteiger partial charge in [0.1, 0.15) is 5.67 Å². The third-order valence-electron chi connectivity index (χ3n) is 2.97. The number of nitrogens with one attached hydrogen (secondary N) is 1. The van der Waals surface area contributed by atoms with Gasteiger partial charge in [-0.05, 0) is 31.3 Å². The molecule has 1 aromatic rings. The van der Waals surface area contributed by atoms with Crippen molar-refractivity contribution >= 4 is 22.9 Å². The summed E-state index contributed by atoms with van der Waals surface area (Å²) in [6.07, 6.45) is 0.888. The highest BCUT2D eigenvalue weighted by Crippen LogP contribution is 2.42. The number of rotatable bonds is 2. The summed E-state index contributed by atoms with van der Waals surface area (Å²) in [5.74, 6) is 0.0506. The third kappa shape index (κ3) is 1.69. The van der Waals surface area contributed by atoms with Crippen molar-refractivity contribution in [3.8, 4) is 0 Å². The molecule has 0 bridgehead atoms. The Morgan fingerprint density at radius 2 is 2.50 bits per heavy atom. The Hall–Kier alpha value is -0.120. The van der Waals surface area contributed by atoms with E-state index in [1.165, 1.54) is 11.3 Å². The fourth-order valence-electron chi connectivity index (χ4n) is 1.98. The van der Waals surface area contributed by atoms with Gasteiger partial charge in [-0.3, -0.25) is 0 Å². The molecule has 1 aliphatic heterocycles. The Morgan fingerprint density at radius 1 is 1.71 bits per heavy atom. The van der Waals surface area contributed by atoms with Gasteiger partial charge in [-0.15, -0.1) is 11.3 Å². The second kappa shape index (κ2) is 3.80. The van der Waals surface area contributed by atoms with Gasteiger partial charge in [0.05, 0.1) is 4.34 Å². The molecule has 4 heteroatoms. The Bertz CT molecular complexity index is 318. The number of hydrogen-bond donors (Lipinski definition) is 1. The zero-order chi connectivity index (χ0) is 10.2. The molecule has 1 fully saturated rings. The molecule has 0 amide bonds. The maximum atomic E-state index is 14.5. The number of alkyl halides is 1. The van der Waals surface area contributed by atoms with E-state index in [-0.39, 0.29) is 5.92 Å². The fraction of sp³-hybridized carbons (Fsp3) is 0.600. The summed E-state index contributed by atoms with van der Waals surface area (Å²) >= 11 is 7.36. The maximum Gasteiger partial charge on any atom is 0.139 e. The van der Waals surface area contributed by atoms with Crippen LogP contribution in [0.1, 0.15) is 18.9 Å². The number of halogens is 2. The standard InChI is InChI=1S/C10H13ClFNS/c1-10(12,7-2-4-13-6-7)8-3-5-14-9(8)11/h3,5,7,13H,2,4,6H2,1H3.